The van der Waals surface area contributed by atoms with Gasteiger partial charge in [0.15, 0.2) is 5.75 Å². The van der Waals surface area contributed by atoms with Crippen molar-refractivity contribution in [2.24, 2.45) is 0 Å². The number of para-hydroxylation sites is 1. The summed E-state index contributed by atoms with van der Waals surface area (Å²) in [6.45, 7) is 2.03. The van der Waals surface area contributed by atoms with Crippen LogP contribution in [0.5, 0.6) is 5.75 Å². The third-order valence-electron chi connectivity index (χ3n) is 3.71. The number of amides is 1. The highest BCUT2D eigenvalue weighted by Gasteiger charge is 2.15. The maximum atomic E-state index is 12.0. The molecular formula is C19H21NO4. The molecule has 2 aromatic rings. The van der Waals surface area contributed by atoms with Gasteiger partial charge in [0.05, 0.1) is 12.8 Å². The quantitative estimate of drug-likeness (QED) is 0.629. The fourth-order valence-corrected chi connectivity index (χ4v) is 2.34. The van der Waals surface area contributed by atoms with Crippen molar-refractivity contribution in [1.29, 1.82) is 0 Å². The lowest BCUT2D eigenvalue weighted by atomic mass is 10.1. The summed E-state index contributed by atoms with van der Waals surface area (Å²) < 4.78 is 4.59. The topological polar surface area (TPSA) is 75.6 Å². The number of carbonyl (C=O) groups excluding carboxylic acids is 2. The smallest absolute Gasteiger partial charge is 0.341 e. The number of anilines is 1. The number of hydrogen-bond donors (Lipinski definition) is 2. The van der Waals surface area contributed by atoms with Crippen molar-refractivity contribution in [2.45, 2.75) is 26.2 Å². The number of rotatable bonds is 6. The molecule has 2 rings (SSSR count). The summed E-state index contributed by atoms with van der Waals surface area (Å²) >= 11 is 0. The van der Waals surface area contributed by atoms with E-state index >= 15 is 0 Å². The van der Waals surface area contributed by atoms with Crippen molar-refractivity contribution in [2.75, 3.05) is 12.4 Å². The van der Waals surface area contributed by atoms with Gasteiger partial charge < -0.3 is 15.2 Å². The number of hydrogen-bond acceptors (Lipinski definition) is 4. The Bertz CT molecular complexity index is 723. The minimum Gasteiger partial charge on any atom is -0.505 e. The van der Waals surface area contributed by atoms with Crippen LogP contribution in [0.2, 0.25) is 0 Å². The minimum atomic E-state index is -0.650. The first kappa shape index (κ1) is 17.5. The first-order valence-electron chi connectivity index (χ1n) is 7.77. The molecule has 0 fully saturated rings. The van der Waals surface area contributed by atoms with Gasteiger partial charge >= 0.3 is 5.97 Å². The first-order valence-corrected chi connectivity index (χ1v) is 7.77. The highest BCUT2D eigenvalue weighted by atomic mass is 16.5. The molecule has 0 atom stereocenters. The molecule has 0 aliphatic heterocycles. The van der Waals surface area contributed by atoms with Crippen molar-refractivity contribution < 1.29 is 19.4 Å². The second-order valence-corrected chi connectivity index (χ2v) is 5.58. The molecule has 5 nitrogen and oxygen atoms in total. The third-order valence-corrected chi connectivity index (χ3v) is 3.71. The van der Waals surface area contributed by atoms with Gasteiger partial charge in [0.25, 0.3) is 0 Å². The Hall–Kier alpha value is -2.82. The van der Waals surface area contributed by atoms with Gasteiger partial charge in [0.1, 0.15) is 5.56 Å². The van der Waals surface area contributed by atoms with Gasteiger partial charge in [0, 0.05) is 6.42 Å². The largest absolute Gasteiger partial charge is 0.505 e. The molecule has 0 unspecified atom stereocenters. The second kappa shape index (κ2) is 8.15. The summed E-state index contributed by atoms with van der Waals surface area (Å²) in [5.41, 5.74) is 2.62. The van der Waals surface area contributed by atoms with Crippen molar-refractivity contribution in [3.63, 3.8) is 0 Å². The van der Waals surface area contributed by atoms with Crippen LogP contribution in [0.3, 0.4) is 0 Å². The van der Waals surface area contributed by atoms with Gasteiger partial charge in [-0.05, 0) is 37.5 Å². The Balaban J connectivity index is 1.90. The highest BCUT2D eigenvalue weighted by molar-refractivity contribution is 5.98. The van der Waals surface area contributed by atoms with Gasteiger partial charge in [-0.3, -0.25) is 4.79 Å². The number of benzene rings is 2. The molecule has 0 aliphatic carbocycles. The zero-order valence-corrected chi connectivity index (χ0v) is 13.8. The fraction of sp³-hybridized carbons (Fsp3) is 0.263. The summed E-state index contributed by atoms with van der Waals surface area (Å²) in [4.78, 5) is 23.6. The highest BCUT2D eigenvalue weighted by Crippen LogP contribution is 2.28. The molecule has 2 N–H and O–H groups in total. The van der Waals surface area contributed by atoms with Crippen molar-refractivity contribution >= 4 is 17.6 Å². The third kappa shape index (κ3) is 4.59. The van der Waals surface area contributed by atoms with E-state index in [1.165, 1.54) is 24.3 Å². The normalized spacial score (nSPS) is 10.2. The van der Waals surface area contributed by atoms with Crippen LogP contribution >= 0.6 is 0 Å². The van der Waals surface area contributed by atoms with Gasteiger partial charge in [-0.1, -0.05) is 35.9 Å². The van der Waals surface area contributed by atoms with Gasteiger partial charge in [-0.2, -0.15) is 0 Å². The van der Waals surface area contributed by atoms with Crippen LogP contribution in [-0.4, -0.2) is 24.1 Å². The van der Waals surface area contributed by atoms with E-state index in [-0.39, 0.29) is 22.9 Å². The monoisotopic (exact) mass is 327 g/mol. The lowest BCUT2D eigenvalue weighted by molar-refractivity contribution is -0.116. The van der Waals surface area contributed by atoms with E-state index in [0.717, 1.165) is 6.42 Å². The first-order chi connectivity index (χ1) is 11.5. The molecule has 24 heavy (non-hydrogen) atoms. The Kier molecular flexibility index (Phi) is 5.95. The molecular weight excluding hydrogens is 306 g/mol. The number of aryl methyl sites for hydroxylation is 2. The van der Waals surface area contributed by atoms with E-state index in [1.807, 2.05) is 19.1 Å². The van der Waals surface area contributed by atoms with Crippen molar-refractivity contribution in [3.05, 3.63) is 59.2 Å². The molecule has 0 saturated carbocycles. The molecule has 0 heterocycles. The van der Waals surface area contributed by atoms with Crippen LogP contribution in [0.4, 0.5) is 5.69 Å². The van der Waals surface area contributed by atoms with E-state index < -0.39 is 5.97 Å². The van der Waals surface area contributed by atoms with Crippen LogP contribution in [0.15, 0.2) is 42.5 Å². The van der Waals surface area contributed by atoms with E-state index in [2.05, 4.69) is 22.2 Å². The maximum absolute atomic E-state index is 12.0. The number of esters is 1. The lowest BCUT2D eigenvalue weighted by Gasteiger charge is -2.10. The zero-order chi connectivity index (χ0) is 17.5. The Morgan fingerprint density at radius 3 is 2.50 bits per heavy atom. The predicted molar refractivity (Wildman–Crippen MR) is 92.2 cm³/mol. The van der Waals surface area contributed by atoms with Gasteiger partial charge in [0.2, 0.25) is 5.91 Å². The molecule has 0 aliphatic rings. The van der Waals surface area contributed by atoms with Crippen molar-refractivity contribution in [1.82, 2.24) is 0 Å². The summed E-state index contributed by atoms with van der Waals surface area (Å²) in [7, 11) is 1.23. The molecule has 2 aromatic carbocycles. The van der Waals surface area contributed by atoms with Crippen LogP contribution in [0.1, 0.15) is 34.3 Å². The standard InChI is InChI=1S/C19H21NO4/c1-13-9-11-14(12-10-13)5-3-8-17(21)20-16-7-4-6-15(18(16)22)19(23)24-2/h4,6-7,9-12,22H,3,5,8H2,1-2H3,(H,20,21). The van der Waals surface area contributed by atoms with Crippen LogP contribution < -0.4 is 5.32 Å². The molecule has 0 spiro atoms. The van der Waals surface area contributed by atoms with E-state index in [0.29, 0.717) is 12.8 Å². The average molecular weight is 327 g/mol. The molecule has 0 saturated heterocycles. The minimum absolute atomic E-state index is 0.0231. The Morgan fingerprint density at radius 2 is 1.83 bits per heavy atom. The van der Waals surface area contributed by atoms with Gasteiger partial charge in [-0.25, -0.2) is 4.79 Å². The average Bonchev–Trinajstić information content (AvgIpc) is 2.58. The maximum Gasteiger partial charge on any atom is 0.341 e. The zero-order valence-electron chi connectivity index (χ0n) is 13.8. The number of phenols is 1. The van der Waals surface area contributed by atoms with Crippen LogP contribution in [0.25, 0.3) is 0 Å². The van der Waals surface area contributed by atoms with E-state index in [9.17, 15) is 14.7 Å². The Labute approximate surface area is 141 Å². The predicted octanol–water partition coefficient (Wildman–Crippen LogP) is 3.45. The number of carbonyl (C=O) groups is 2. The molecule has 0 radical (unpaired) electrons. The number of phenolic OH excluding ortho intramolecular Hbond substituents is 1. The molecule has 5 heteroatoms. The van der Waals surface area contributed by atoms with Crippen molar-refractivity contribution in [3.8, 4) is 5.75 Å². The summed E-state index contributed by atoms with van der Waals surface area (Å²) in [6.07, 6.45) is 1.84. The van der Waals surface area contributed by atoms with Gasteiger partial charge in [-0.15, -0.1) is 0 Å². The SMILES string of the molecule is COC(=O)c1cccc(NC(=O)CCCc2ccc(C)cc2)c1O. The summed E-state index contributed by atoms with van der Waals surface area (Å²) in [5, 5.41) is 12.7. The second-order valence-electron chi connectivity index (χ2n) is 5.58. The number of methoxy groups -OCH3 is 1. The van der Waals surface area contributed by atoms with Crippen LogP contribution in [0, 0.1) is 6.92 Å². The van der Waals surface area contributed by atoms with E-state index in [1.54, 1.807) is 12.1 Å². The fourth-order valence-electron chi connectivity index (χ4n) is 2.34. The lowest BCUT2D eigenvalue weighted by Crippen LogP contribution is -2.12. The molecule has 0 aromatic heterocycles. The molecule has 0 bridgehead atoms. The number of ether oxygens (including phenoxy) is 1. The molecule has 126 valence electrons. The summed E-state index contributed by atoms with van der Waals surface area (Å²) in [6, 6.07) is 12.8. The Morgan fingerprint density at radius 1 is 1.12 bits per heavy atom. The number of nitrogens with one attached hydrogen (secondary N) is 1. The van der Waals surface area contributed by atoms with Crippen LogP contribution in [-0.2, 0) is 16.0 Å². The molecule has 1 amide bonds. The summed E-state index contributed by atoms with van der Waals surface area (Å²) in [5.74, 6) is -1.14. The van der Waals surface area contributed by atoms with E-state index in [4.69, 9.17) is 0 Å². The number of aromatic hydroxyl groups is 1.